The summed E-state index contributed by atoms with van der Waals surface area (Å²) in [5.74, 6) is 0.832. The molecule has 0 amide bonds. The lowest BCUT2D eigenvalue weighted by atomic mass is 10.1. The van der Waals surface area contributed by atoms with E-state index < -0.39 is 0 Å². The van der Waals surface area contributed by atoms with E-state index in [0.29, 0.717) is 13.0 Å². The van der Waals surface area contributed by atoms with Gasteiger partial charge in [-0.25, -0.2) is 14.4 Å². The smallest absolute Gasteiger partial charge is 0.187 e. The van der Waals surface area contributed by atoms with Gasteiger partial charge in [0.2, 0.25) is 0 Å². The van der Waals surface area contributed by atoms with Gasteiger partial charge in [0, 0.05) is 24.5 Å². The number of rotatable bonds is 7. The lowest BCUT2D eigenvalue weighted by Crippen LogP contribution is -2.17. The zero-order valence-corrected chi connectivity index (χ0v) is 12.3. The Balaban J connectivity index is 1.74. The van der Waals surface area contributed by atoms with E-state index in [1.165, 1.54) is 6.07 Å². The van der Waals surface area contributed by atoms with Gasteiger partial charge in [0.1, 0.15) is 5.82 Å². The molecular formula is C15H18FN3S. The van der Waals surface area contributed by atoms with Crippen molar-refractivity contribution >= 4 is 11.8 Å². The van der Waals surface area contributed by atoms with E-state index in [1.54, 1.807) is 17.8 Å². The second kappa shape index (κ2) is 7.97. The minimum absolute atomic E-state index is 0.140. The van der Waals surface area contributed by atoms with Gasteiger partial charge in [-0.15, -0.1) is 0 Å². The maximum atomic E-state index is 13.4. The van der Waals surface area contributed by atoms with Gasteiger partial charge in [-0.3, -0.25) is 0 Å². The number of aromatic nitrogens is 2. The molecule has 0 unspecified atom stereocenters. The Hall–Kier alpha value is -1.46. The third kappa shape index (κ3) is 4.58. The van der Waals surface area contributed by atoms with E-state index in [9.17, 15) is 4.39 Å². The Morgan fingerprint density at radius 1 is 1.20 bits per heavy atom. The molecule has 2 aromatic rings. The van der Waals surface area contributed by atoms with Crippen molar-refractivity contribution in [2.24, 2.45) is 0 Å². The first-order valence-corrected chi connectivity index (χ1v) is 7.66. The average Bonchev–Trinajstić information content (AvgIpc) is 2.47. The van der Waals surface area contributed by atoms with Crippen LogP contribution in [0.25, 0.3) is 0 Å². The monoisotopic (exact) mass is 291 g/mol. The molecule has 3 nitrogen and oxygen atoms in total. The molecule has 0 saturated carbocycles. The van der Waals surface area contributed by atoms with Crippen LogP contribution in [0.5, 0.6) is 0 Å². The number of thioether (sulfide) groups is 1. The second-order valence-corrected chi connectivity index (χ2v) is 5.56. The van der Waals surface area contributed by atoms with E-state index in [2.05, 4.69) is 22.2 Å². The Kier molecular flexibility index (Phi) is 5.95. The summed E-state index contributed by atoms with van der Waals surface area (Å²) in [6, 6.07) is 6.88. The van der Waals surface area contributed by atoms with Gasteiger partial charge in [-0.2, -0.15) is 0 Å². The molecule has 0 atom stereocenters. The van der Waals surface area contributed by atoms with Gasteiger partial charge >= 0.3 is 0 Å². The van der Waals surface area contributed by atoms with Crippen LogP contribution in [0, 0.1) is 5.82 Å². The minimum Gasteiger partial charge on any atom is -0.312 e. The molecule has 1 N–H and O–H groups in total. The van der Waals surface area contributed by atoms with Crippen molar-refractivity contribution in [2.45, 2.75) is 25.0 Å². The molecule has 0 aliphatic rings. The lowest BCUT2D eigenvalue weighted by Gasteiger charge is -2.06. The van der Waals surface area contributed by atoms with Crippen LogP contribution < -0.4 is 5.32 Å². The molecule has 0 spiro atoms. The first kappa shape index (κ1) is 14.9. The number of nitrogens with zero attached hydrogens (tertiary/aromatic N) is 2. The van der Waals surface area contributed by atoms with Crippen molar-refractivity contribution < 1.29 is 4.39 Å². The zero-order valence-electron chi connectivity index (χ0n) is 11.5. The van der Waals surface area contributed by atoms with Crippen molar-refractivity contribution in [3.05, 3.63) is 53.6 Å². The van der Waals surface area contributed by atoms with E-state index in [0.717, 1.165) is 28.6 Å². The third-order valence-corrected chi connectivity index (χ3v) is 3.57. The van der Waals surface area contributed by atoms with Crippen molar-refractivity contribution in [3.8, 4) is 0 Å². The Bertz CT molecular complexity index is 531. The van der Waals surface area contributed by atoms with Crippen LogP contribution in [0.2, 0.25) is 0 Å². The Morgan fingerprint density at radius 3 is 2.65 bits per heavy atom. The predicted molar refractivity (Wildman–Crippen MR) is 80.2 cm³/mol. The highest BCUT2D eigenvalue weighted by Crippen LogP contribution is 2.10. The summed E-state index contributed by atoms with van der Waals surface area (Å²) >= 11 is 1.63. The molecule has 0 aliphatic carbocycles. The van der Waals surface area contributed by atoms with Crippen molar-refractivity contribution in [2.75, 3.05) is 12.3 Å². The van der Waals surface area contributed by atoms with Gasteiger partial charge in [0.25, 0.3) is 0 Å². The number of hydrogen-bond acceptors (Lipinski definition) is 4. The van der Waals surface area contributed by atoms with E-state index in [-0.39, 0.29) is 5.82 Å². The summed E-state index contributed by atoms with van der Waals surface area (Å²) in [7, 11) is 0. The van der Waals surface area contributed by atoms with Crippen molar-refractivity contribution in [1.29, 1.82) is 0 Å². The van der Waals surface area contributed by atoms with Crippen LogP contribution in [-0.4, -0.2) is 22.3 Å². The molecule has 0 aliphatic heterocycles. The Morgan fingerprint density at radius 2 is 1.95 bits per heavy atom. The molecule has 0 bridgehead atoms. The van der Waals surface area contributed by atoms with E-state index in [4.69, 9.17) is 0 Å². The molecule has 106 valence electrons. The van der Waals surface area contributed by atoms with Gasteiger partial charge < -0.3 is 5.32 Å². The third-order valence-electron chi connectivity index (χ3n) is 2.81. The highest BCUT2D eigenvalue weighted by Gasteiger charge is 2.01. The fraction of sp³-hybridized carbons (Fsp3) is 0.333. The highest BCUT2D eigenvalue weighted by atomic mass is 32.2. The molecule has 20 heavy (non-hydrogen) atoms. The molecule has 1 aromatic heterocycles. The molecule has 5 heteroatoms. The van der Waals surface area contributed by atoms with Crippen LogP contribution in [0.3, 0.4) is 0 Å². The standard InChI is InChI=1S/C15H18FN3S/c1-2-20-15-18-10-12(11-19-15)9-17-8-7-13-5-3-4-6-14(13)16/h3-6,10-11,17H,2,7-9H2,1H3. The fourth-order valence-corrected chi connectivity index (χ4v) is 2.31. The molecule has 0 fully saturated rings. The highest BCUT2D eigenvalue weighted by molar-refractivity contribution is 7.99. The minimum atomic E-state index is -0.140. The fourth-order valence-electron chi connectivity index (χ4n) is 1.79. The topological polar surface area (TPSA) is 37.8 Å². The summed E-state index contributed by atoms with van der Waals surface area (Å²) in [5, 5.41) is 4.08. The summed E-state index contributed by atoms with van der Waals surface area (Å²) in [6.07, 6.45) is 4.35. The normalized spacial score (nSPS) is 10.7. The first-order chi connectivity index (χ1) is 9.79. The molecule has 1 aromatic carbocycles. The van der Waals surface area contributed by atoms with Gasteiger partial charge in [0.05, 0.1) is 0 Å². The summed E-state index contributed by atoms with van der Waals surface area (Å²) < 4.78 is 13.4. The molecule has 2 rings (SSSR count). The number of hydrogen-bond donors (Lipinski definition) is 1. The zero-order chi connectivity index (χ0) is 14.2. The van der Waals surface area contributed by atoms with E-state index >= 15 is 0 Å². The van der Waals surface area contributed by atoms with Crippen LogP contribution in [0.15, 0.2) is 41.8 Å². The van der Waals surface area contributed by atoms with Gasteiger partial charge in [0.15, 0.2) is 5.16 Å². The summed E-state index contributed by atoms with van der Waals surface area (Å²) in [6.45, 7) is 3.50. The Labute approximate surface area is 123 Å². The number of halogens is 1. The molecular weight excluding hydrogens is 273 g/mol. The summed E-state index contributed by atoms with van der Waals surface area (Å²) in [4.78, 5) is 8.54. The molecule has 0 saturated heterocycles. The number of nitrogens with one attached hydrogen (secondary N) is 1. The summed E-state index contributed by atoms with van der Waals surface area (Å²) in [5.41, 5.74) is 1.78. The van der Waals surface area contributed by atoms with Crippen LogP contribution >= 0.6 is 11.8 Å². The van der Waals surface area contributed by atoms with Crippen LogP contribution in [0.4, 0.5) is 4.39 Å². The van der Waals surface area contributed by atoms with E-state index in [1.807, 2.05) is 24.5 Å². The SMILES string of the molecule is CCSc1ncc(CNCCc2ccccc2F)cn1. The van der Waals surface area contributed by atoms with Gasteiger partial charge in [-0.05, 0) is 30.3 Å². The average molecular weight is 291 g/mol. The van der Waals surface area contributed by atoms with Crippen molar-refractivity contribution in [3.63, 3.8) is 0 Å². The van der Waals surface area contributed by atoms with Crippen LogP contribution in [-0.2, 0) is 13.0 Å². The lowest BCUT2D eigenvalue weighted by molar-refractivity contribution is 0.597. The largest absolute Gasteiger partial charge is 0.312 e. The maximum Gasteiger partial charge on any atom is 0.187 e. The first-order valence-electron chi connectivity index (χ1n) is 6.67. The molecule has 0 radical (unpaired) electrons. The molecule has 1 heterocycles. The van der Waals surface area contributed by atoms with Crippen molar-refractivity contribution in [1.82, 2.24) is 15.3 Å². The predicted octanol–water partition coefficient (Wildman–Crippen LogP) is 3.06. The quantitative estimate of drug-likeness (QED) is 0.483. The van der Waals surface area contributed by atoms with Gasteiger partial charge in [-0.1, -0.05) is 36.9 Å². The maximum absolute atomic E-state index is 13.4. The second-order valence-electron chi connectivity index (χ2n) is 4.33. The number of benzene rings is 1. The van der Waals surface area contributed by atoms with Crippen LogP contribution in [0.1, 0.15) is 18.1 Å².